The van der Waals surface area contributed by atoms with Gasteiger partial charge in [0, 0.05) is 10.9 Å². The maximum Gasteiger partial charge on any atom is 0.135 e. The van der Waals surface area contributed by atoms with Crippen molar-refractivity contribution in [3.05, 3.63) is 48.2 Å². The lowest BCUT2D eigenvalue weighted by atomic mass is 10.1. The first-order chi connectivity index (χ1) is 10.3. The molecule has 118 valence electrons. The highest BCUT2D eigenvalue weighted by Gasteiger charge is 2.08. The third-order valence-electron chi connectivity index (χ3n) is 2.62. The lowest BCUT2D eigenvalue weighted by molar-refractivity contribution is 0.603. The van der Waals surface area contributed by atoms with Crippen LogP contribution in [0.4, 0.5) is 0 Å². The average molecular weight is 288 g/mol. The molecule has 0 saturated carbocycles. The van der Waals surface area contributed by atoms with Gasteiger partial charge >= 0.3 is 0 Å². The minimum Gasteiger partial charge on any atom is -0.456 e. The van der Waals surface area contributed by atoms with E-state index in [2.05, 4.69) is 38.3 Å². The van der Waals surface area contributed by atoms with Gasteiger partial charge in [-0.15, -0.1) is 0 Å². The summed E-state index contributed by atoms with van der Waals surface area (Å²) in [6, 6.07) is 6.29. The number of aryl methyl sites for hydroxylation is 1. The summed E-state index contributed by atoms with van der Waals surface area (Å²) in [4.78, 5) is 0. The van der Waals surface area contributed by atoms with E-state index in [0.29, 0.717) is 0 Å². The van der Waals surface area contributed by atoms with E-state index in [1.54, 1.807) is 6.08 Å². The van der Waals surface area contributed by atoms with Crippen LogP contribution in [0.15, 0.2) is 35.8 Å². The monoisotopic (exact) mass is 288 g/mol. The number of rotatable bonds is 3. The first kappa shape index (κ1) is 21.5. The molecular formula is C20H32O. The molecule has 0 unspecified atom stereocenters. The van der Waals surface area contributed by atoms with Gasteiger partial charge in [-0.1, -0.05) is 79.8 Å². The fourth-order valence-electron chi connectivity index (χ4n) is 1.76. The third kappa shape index (κ3) is 5.63. The van der Waals surface area contributed by atoms with Gasteiger partial charge < -0.3 is 4.42 Å². The second-order valence-corrected chi connectivity index (χ2v) is 3.47. The summed E-state index contributed by atoms with van der Waals surface area (Å²) in [6.07, 6.45) is 4.56. The highest BCUT2D eigenvalue weighted by molar-refractivity contribution is 5.90. The molecule has 21 heavy (non-hydrogen) atoms. The molecule has 0 aliphatic carbocycles. The quantitative estimate of drug-likeness (QED) is 0.575. The lowest BCUT2D eigenvalue weighted by Gasteiger charge is -1.95. The van der Waals surface area contributed by atoms with E-state index in [4.69, 9.17) is 4.42 Å². The molecule has 0 amide bonds. The topological polar surface area (TPSA) is 13.1 Å². The largest absolute Gasteiger partial charge is 0.456 e. The minimum absolute atomic E-state index is 0.799. The average Bonchev–Trinajstić information content (AvgIpc) is 2.96. The number of fused-ring (bicyclic) bond motifs is 1. The predicted molar refractivity (Wildman–Crippen MR) is 99.8 cm³/mol. The van der Waals surface area contributed by atoms with Crippen LogP contribution >= 0.6 is 0 Å². The molecule has 1 aromatic heterocycles. The van der Waals surface area contributed by atoms with Crippen LogP contribution in [0.2, 0.25) is 0 Å². The molecule has 1 aromatic carbocycles. The fraction of sp³-hybridized carbons (Fsp3) is 0.400. The molecule has 0 spiro atoms. The van der Waals surface area contributed by atoms with Gasteiger partial charge in [-0.05, 0) is 24.1 Å². The van der Waals surface area contributed by atoms with Crippen LogP contribution in [-0.2, 0) is 6.42 Å². The summed E-state index contributed by atoms with van der Waals surface area (Å²) in [6.45, 7) is 21.7. The van der Waals surface area contributed by atoms with Gasteiger partial charge in [-0.25, -0.2) is 0 Å². The zero-order valence-corrected chi connectivity index (χ0v) is 14.9. The van der Waals surface area contributed by atoms with Gasteiger partial charge in [0.05, 0.1) is 0 Å². The van der Waals surface area contributed by atoms with Crippen molar-refractivity contribution in [2.75, 3.05) is 0 Å². The fourth-order valence-corrected chi connectivity index (χ4v) is 1.76. The molecule has 0 bridgehead atoms. The van der Waals surface area contributed by atoms with Crippen LogP contribution in [-0.4, -0.2) is 0 Å². The molecule has 0 aliphatic heterocycles. The highest BCUT2D eigenvalue weighted by atomic mass is 16.3. The van der Waals surface area contributed by atoms with Crippen LogP contribution in [0.5, 0.6) is 0 Å². The molecule has 0 atom stereocenters. The standard InChI is InChI=1S/C14H14O.3C2H6/c1-4-10-7-8-12-11(5-2)13(6-3)15-14(12)9-10;3*1-2/h5-9H,2-4H2,1H3;3*1-2H3. The Bertz CT molecular complexity index is 518. The van der Waals surface area contributed by atoms with Gasteiger partial charge in [0.1, 0.15) is 11.3 Å². The van der Waals surface area contributed by atoms with E-state index in [-0.39, 0.29) is 0 Å². The van der Waals surface area contributed by atoms with E-state index in [1.165, 1.54) is 5.56 Å². The molecule has 1 heterocycles. The van der Waals surface area contributed by atoms with Gasteiger partial charge in [-0.3, -0.25) is 0 Å². The van der Waals surface area contributed by atoms with E-state index in [0.717, 1.165) is 28.7 Å². The molecule has 0 radical (unpaired) electrons. The zero-order chi connectivity index (χ0) is 16.8. The van der Waals surface area contributed by atoms with Crippen LogP contribution in [0.3, 0.4) is 0 Å². The first-order valence-corrected chi connectivity index (χ1v) is 8.10. The summed E-state index contributed by atoms with van der Waals surface area (Å²) >= 11 is 0. The summed E-state index contributed by atoms with van der Waals surface area (Å²) in [7, 11) is 0. The second kappa shape index (κ2) is 13.2. The number of hydrogen-bond acceptors (Lipinski definition) is 1. The molecule has 2 aromatic rings. The molecule has 0 aliphatic rings. The molecule has 0 N–H and O–H groups in total. The Labute approximate surface area is 131 Å². The van der Waals surface area contributed by atoms with Gasteiger partial charge in [-0.2, -0.15) is 0 Å². The molecule has 0 saturated heterocycles. The Morgan fingerprint density at radius 3 is 1.95 bits per heavy atom. The van der Waals surface area contributed by atoms with Gasteiger partial charge in [0.2, 0.25) is 0 Å². The van der Waals surface area contributed by atoms with E-state index in [9.17, 15) is 0 Å². The van der Waals surface area contributed by atoms with Crippen molar-refractivity contribution in [1.82, 2.24) is 0 Å². The maximum absolute atomic E-state index is 5.69. The summed E-state index contributed by atoms with van der Waals surface area (Å²) in [5.74, 6) is 0.799. The summed E-state index contributed by atoms with van der Waals surface area (Å²) in [5.41, 5.74) is 3.23. The Kier molecular flexibility index (Phi) is 13.6. The van der Waals surface area contributed by atoms with Crippen molar-refractivity contribution >= 4 is 23.1 Å². The van der Waals surface area contributed by atoms with Crippen LogP contribution < -0.4 is 0 Å². The van der Waals surface area contributed by atoms with Crippen molar-refractivity contribution in [3.63, 3.8) is 0 Å². The smallest absolute Gasteiger partial charge is 0.135 e. The Morgan fingerprint density at radius 2 is 1.52 bits per heavy atom. The van der Waals surface area contributed by atoms with Gasteiger partial charge in [0.25, 0.3) is 0 Å². The van der Waals surface area contributed by atoms with Crippen LogP contribution in [0, 0.1) is 0 Å². The number of hydrogen-bond donors (Lipinski definition) is 0. The second-order valence-electron chi connectivity index (χ2n) is 3.47. The Balaban J connectivity index is 0. The SMILES string of the molecule is C=Cc1oc2cc(CC)ccc2c1C=C.CC.CC.CC. The van der Waals surface area contributed by atoms with Gasteiger partial charge in [0.15, 0.2) is 0 Å². The molecule has 0 fully saturated rings. The van der Waals surface area contributed by atoms with Crippen LogP contribution in [0.25, 0.3) is 23.1 Å². The zero-order valence-electron chi connectivity index (χ0n) is 14.9. The summed E-state index contributed by atoms with van der Waals surface area (Å²) < 4.78 is 5.69. The van der Waals surface area contributed by atoms with E-state index >= 15 is 0 Å². The maximum atomic E-state index is 5.69. The first-order valence-electron chi connectivity index (χ1n) is 8.10. The highest BCUT2D eigenvalue weighted by Crippen LogP contribution is 2.28. The minimum atomic E-state index is 0.799. The Morgan fingerprint density at radius 1 is 0.952 bits per heavy atom. The van der Waals surface area contributed by atoms with E-state index in [1.807, 2.05) is 47.6 Å². The van der Waals surface area contributed by atoms with Crippen molar-refractivity contribution in [3.8, 4) is 0 Å². The van der Waals surface area contributed by atoms with Crippen LogP contribution in [0.1, 0.15) is 65.4 Å². The Hall–Kier alpha value is -1.76. The van der Waals surface area contributed by atoms with E-state index < -0.39 is 0 Å². The van der Waals surface area contributed by atoms with Crippen molar-refractivity contribution in [1.29, 1.82) is 0 Å². The van der Waals surface area contributed by atoms with Crippen molar-refractivity contribution in [2.45, 2.75) is 54.9 Å². The van der Waals surface area contributed by atoms with Crippen molar-refractivity contribution < 1.29 is 4.42 Å². The van der Waals surface area contributed by atoms with Crippen molar-refractivity contribution in [2.24, 2.45) is 0 Å². The molecular weight excluding hydrogens is 256 g/mol. The number of furan rings is 1. The molecule has 1 nitrogen and oxygen atoms in total. The third-order valence-corrected chi connectivity index (χ3v) is 2.62. The normalized spacial score (nSPS) is 8.33. The number of benzene rings is 1. The molecule has 1 heteroatoms. The summed E-state index contributed by atoms with van der Waals surface area (Å²) in [5, 5.41) is 1.11. The molecule has 2 rings (SSSR count). The predicted octanol–water partition coefficient (Wildman–Crippen LogP) is 7.36. The lowest BCUT2D eigenvalue weighted by Crippen LogP contribution is -1.78.